The van der Waals surface area contributed by atoms with Gasteiger partial charge in [0.1, 0.15) is 0 Å². The van der Waals surface area contributed by atoms with Crippen LogP contribution < -0.4 is 16.8 Å². The highest BCUT2D eigenvalue weighted by atomic mass is 16.2. The minimum Gasteiger partial charge on any atom is -0.352 e. The first-order valence-electron chi connectivity index (χ1n) is 8.63. The van der Waals surface area contributed by atoms with Crippen molar-refractivity contribution in [1.82, 2.24) is 5.32 Å². The van der Waals surface area contributed by atoms with Crippen molar-refractivity contribution < 1.29 is 4.79 Å². The molecule has 3 atom stereocenters. The highest BCUT2D eigenvalue weighted by Crippen LogP contribution is 2.32. The van der Waals surface area contributed by atoms with Crippen LogP contribution in [0, 0.1) is 11.8 Å². The lowest BCUT2D eigenvalue weighted by Crippen LogP contribution is -2.42. The van der Waals surface area contributed by atoms with Gasteiger partial charge in [0.05, 0.1) is 5.71 Å². The lowest BCUT2D eigenvalue weighted by molar-refractivity contribution is 0.239. The van der Waals surface area contributed by atoms with E-state index in [0.29, 0.717) is 12.5 Å². The van der Waals surface area contributed by atoms with Gasteiger partial charge in [0.25, 0.3) is 0 Å². The van der Waals surface area contributed by atoms with Gasteiger partial charge in [-0.05, 0) is 30.4 Å². The van der Waals surface area contributed by atoms with Crippen LogP contribution in [0.2, 0.25) is 0 Å². The number of urea groups is 1. The number of carbonyl (C=O) groups excluding carboxylic acids is 1. The molecule has 0 bridgehead atoms. The molecule has 0 spiro atoms. The predicted octanol–water partition coefficient (Wildman–Crippen LogP) is 2.17. The van der Waals surface area contributed by atoms with Gasteiger partial charge in [-0.2, -0.15) is 10.2 Å². The number of hydrogen-bond donors (Lipinski definition) is 3. The van der Waals surface area contributed by atoms with E-state index in [1.807, 2.05) is 18.3 Å². The number of fused-ring (bicyclic) bond motifs is 1. The highest BCUT2D eigenvalue weighted by Gasteiger charge is 2.32. The molecule has 1 aromatic rings. The number of hydrogen-bond acceptors (Lipinski definition) is 4. The summed E-state index contributed by atoms with van der Waals surface area (Å²) < 4.78 is 0. The maximum absolute atomic E-state index is 11.2. The van der Waals surface area contributed by atoms with E-state index < -0.39 is 6.03 Å². The van der Waals surface area contributed by atoms with Gasteiger partial charge in [-0.1, -0.05) is 37.1 Å². The summed E-state index contributed by atoms with van der Waals surface area (Å²) in [6.07, 6.45) is 7.06. The maximum Gasteiger partial charge on any atom is 0.312 e. The zero-order valence-electron chi connectivity index (χ0n) is 13.8. The second-order valence-electron chi connectivity index (χ2n) is 6.65. The molecular formula is C18H25N5O. The smallest absolute Gasteiger partial charge is 0.312 e. The summed E-state index contributed by atoms with van der Waals surface area (Å²) in [7, 11) is 0. The fourth-order valence-corrected chi connectivity index (χ4v) is 3.75. The first-order valence-corrected chi connectivity index (χ1v) is 8.63. The Morgan fingerprint density at radius 1 is 1.21 bits per heavy atom. The second-order valence-corrected chi connectivity index (χ2v) is 6.65. The number of benzene rings is 1. The van der Waals surface area contributed by atoms with Gasteiger partial charge in [-0.15, -0.1) is 0 Å². The van der Waals surface area contributed by atoms with E-state index in [1.165, 1.54) is 0 Å². The first-order chi connectivity index (χ1) is 11.7. The molecule has 3 unspecified atom stereocenters. The molecule has 1 saturated carbocycles. The van der Waals surface area contributed by atoms with Crippen molar-refractivity contribution in [2.45, 2.75) is 44.7 Å². The number of nitrogens with two attached hydrogens (primary N) is 2. The SMILES string of the molecule is NCc1ccc(C2=NN=CC3CC(NC(N)=O)CCCCC23)cc1. The lowest BCUT2D eigenvalue weighted by atomic mass is 9.76. The summed E-state index contributed by atoms with van der Waals surface area (Å²) in [5, 5.41) is 11.6. The average molecular weight is 327 g/mol. The summed E-state index contributed by atoms with van der Waals surface area (Å²) >= 11 is 0. The molecule has 1 aliphatic carbocycles. The third-order valence-electron chi connectivity index (χ3n) is 5.00. The first kappa shape index (κ1) is 16.6. The zero-order valence-corrected chi connectivity index (χ0v) is 13.8. The van der Waals surface area contributed by atoms with Crippen molar-refractivity contribution in [3.8, 4) is 0 Å². The van der Waals surface area contributed by atoms with E-state index in [2.05, 4.69) is 27.7 Å². The number of primary amides is 1. The Hall–Kier alpha value is -2.21. The monoisotopic (exact) mass is 327 g/mol. The summed E-state index contributed by atoms with van der Waals surface area (Å²) in [5.74, 6) is 0.618. The van der Waals surface area contributed by atoms with Gasteiger partial charge >= 0.3 is 6.03 Å². The predicted molar refractivity (Wildman–Crippen MR) is 95.9 cm³/mol. The molecule has 0 aromatic heterocycles. The molecule has 1 heterocycles. The van der Waals surface area contributed by atoms with E-state index in [1.54, 1.807) is 0 Å². The fourth-order valence-electron chi connectivity index (χ4n) is 3.75. The van der Waals surface area contributed by atoms with Crippen LogP contribution in [0.15, 0.2) is 34.5 Å². The minimum atomic E-state index is -0.448. The molecule has 2 amide bonds. The molecule has 2 aliphatic rings. The summed E-state index contributed by atoms with van der Waals surface area (Å²) in [5.41, 5.74) is 14.3. The topological polar surface area (TPSA) is 106 Å². The normalized spacial score (nSPS) is 26.7. The number of amides is 2. The molecule has 3 rings (SSSR count). The molecule has 1 aromatic carbocycles. The van der Waals surface area contributed by atoms with Crippen LogP contribution in [0.1, 0.15) is 43.2 Å². The van der Waals surface area contributed by atoms with Crippen LogP contribution in [0.25, 0.3) is 0 Å². The molecule has 128 valence electrons. The molecule has 6 nitrogen and oxygen atoms in total. The van der Waals surface area contributed by atoms with Gasteiger partial charge in [0.2, 0.25) is 0 Å². The molecular weight excluding hydrogens is 302 g/mol. The van der Waals surface area contributed by atoms with E-state index in [0.717, 1.165) is 48.9 Å². The van der Waals surface area contributed by atoms with Crippen LogP contribution in [0.4, 0.5) is 4.79 Å². The summed E-state index contributed by atoms with van der Waals surface area (Å²) in [6, 6.07) is 7.92. The Labute approximate surface area is 142 Å². The minimum absolute atomic E-state index is 0.112. The van der Waals surface area contributed by atoms with Crippen LogP contribution in [-0.2, 0) is 6.54 Å². The number of rotatable bonds is 3. The van der Waals surface area contributed by atoms with Crippen LogP contribution >= 0.6 is 0 Å². The molecule has 0 radical (unpaired) electrons. The zero-order chi connectivity index (χ0) is 16.9. The standard InChI is InChI=1S/C18H25N5O/c19-10-12-5-7-13(8-6-12)17-16-4-2-1-3-15(22-18(20)24)9-14(16)11-21-23-17/h5-8,11,14-16H,1-4,9-10,19H2,(H3,20,22,24). The Morgan fingerprint density at radius 2 is 1.96 bits per heavy atom. The van der Waals surface area contributed by atoms with Crippen LogP contribution in [0.5, 0.6) is 0 Å². The number of nitrogens with zero attached hydrogens (tertiary/aromatic N) is 2. The van der Waals surface area contributed by atoms with Gasteiger partial charge in [0.15, 0.2) is 0 Å². The molecule has 0 saturated heterocycles. The van der Waals surface area contributed by atoms with Gasteiger partial charge < -0.3 is 16.8 Å². The van der Waals surface area contributed by atoms with Gasteiger partial charge in [-0.3, -0.25) is 0 Å². The highest BCUT2D eigenvalue weighted by molar-refractivity contribution is 6.04. The van der Waals surface area contributed by atoms with Crippen molar-refractivity contribution >= 4 is 18.0 Å². The Morgan fingerprint density at radius 3 is 2.67 bits per heavy atom. The molecule has 5 N–H and O–H groups in total. The quantitative estimate of drug-likeness (QED) is 0.791. The van der Waals surface area contributed by atoms with E-state index in [4.69, 9.17) is 11.5 Å². The Balaban J connectivity index is 1.80. The second kappa shape index (κ2) is 7.57. The van der Waals surface area contributed by atoms with Gasteiger partial charge in [0, 0.05) is 30.6 Å². The van der Waals surface area contributed by atoms with Crippen molar-refractivity contribution in [1.29, 1.82) is 0 Å². The lowest BCUT2D eigenvalue weighted by Gasteiger charge is -2.33. The largest absolute Gasteiger partial charge is 0.352 e. The Kier molecular flexibility index (Phi) is 5.25. The Bertz CT molecular complexity index is 637. The van der Waals surface area contributed by atoms with E-state index in [-0.39, 0.29) is 12.0 Å². The number of carbonyl (C=O) groups is 1. The fraction of sp³-hybridized carbons (Fsp3) is 0.500. The average Bonchev–Trinajstić information content (AvgIpc) is 2.56. The van der Waals surface area contributed by atoms with Crippen molar-refractivity contribution in [3.63, 3.8) is 0 Å². The van der Waals surface area contributed by atoms with Crippen molar-refractivity contribution in [2.24, 2.45) is 33.5 Å². The van der Waals surface area contributed by atoms with E-state index >= 15 is 0 Å². The molecule has 24 heavy (non-hydrogen) atoms. The van der Waals surface area contributed by atoms with Crippen LogP contribution in [-0.4, -0.2) is 24.0 Å². The summed E-state index contributed by atoms with van der Waals surface area (Å²) in [4.78, 5) is 11.2. The van der Waals surface area contributed by atoms with E-state index in [9.17, 15) is 4.79 Å². The van der Waals surface area contributed by atoms with Crippen LogP contribution in [0.3, 0.4) is 0 Å². The van der Waals surface area contributed by atoms with Crippen molar-refractivity contribution in [3.05, 3.63) is 35.4 Å². The third kappa shape index (κ3) is 3.82. The van der Waals surface area contributed by atoms with Gasteiger partial charge in [-0.25, -0.2) is 4.79 Å². The molecule has 1 fully saturated rings. The molecule has 1 aliphatic heterocycles. The molecule has 6 heteroatoms. The maximum atomic E-state index is 11.2. The number of nitrogens with one attached hydrogen (secondary N) is 1. The summed E-state index contributed by atoms with van der Waals surface area (Å²) in [6.45, 7) is 0.539. The third-order valence-corrected chi connectivity index (χ3v) is 5.00. The van der Waals surface area contributed by atoms with Crippen molar-refractivity contribution in [2.75, 3.05) is 0 Å².